The minimum atomic E-state index is 0.171. The Morgan fingerprint density at radius 3 is 2.44 bits per heavy atom. The van der Waals surface area contributed by atoms with Crippen molar-refractivity contribution in [2.75, 3.05) is 18.0 Å². The third-order valence-electron chi connectivity index (χ3n) is 4.72. The molecule has 1 aromatic rings. The lowest BCUT2D eigenvalue weighted by atomic mass is 9.85. The Morgan fingerprint density at radius 1 is 1.33 bits per heavy atom. The van der Waals surface area contributed by atoms with Crippen LogP contribution in [0.4, 0.5) is 5.69 Å². The monoisotopic (exact) mass is 246 g/mol. The number of hydrogen-bond acceptors (Lipinski definition) is 2. The molecule has 2 heteroatoms. The zero-order valence-corrected chi connectivity index (χ0v) is 11.9. The summed E-state index contributed by atoms with van der Waals surface area (Å²) in [4.78, 5) is 2.53. The fraction of sp³-hybridized carbons (Fsp3) is 0.625. The molecule has 1 aliphatic rings. The largest absolute Gasteiger partial charge is 0.365 e. The molecule has 2 nitrogen and oxygen atoms in total. The van der Waals surface area contributed by atoms with E-state index in [-0.39, 0.29) is 5.54 Å². The maximum Gasteiger partial charge on any atom is 0.0549 e. The van der Waals surface area contributed by atoms with Gasteiger partial charge in [0.2, 0.25) is 0 Å². The highest BCUT2D eigenvalue weighted by atomic mass is 15.2. The first-order valence-corrected chi connectivity index (χ1v) is 7.18. The molecule has 1 saturated carbocycles. The van der Waals surface area contributed by atoms with Gasteiger partial charge in [-0.2, -0.15) is 0 Å². The van der Waals surface area contributed by atoms with E-state index in [9.17, 15) is 0 Å². The highest BCUT2D eigenvalue weighted by molar-refractivity contribution is 5.51. The van der Waals surface area contributed by atoms with Crippen molar-refractivity contribution in [2.45, 2.75) is 45.6 Å². The number of hydrogen-bond donors (Lipinski definition) is 1. The van der Waals surface area contributed by atoms with Crippen molar-refractivity contribution in [3.05, 3.63) is 29.8 Å². The Bertz CT molecular complexity index is 385. The van der Waals surface area contributed by atoms with E-state index in [1.807, 2.05) is 0 Å². The van der Waals surface area contributed by atoms with Crippen molar-refractivity contribution in [1.82, 2.24) is 0 Å². The molecule has 2 unspecified atom stereocenters. The van der Waals surface area contributed by atoms with E-state index in [0.717, 1.165) is 13.1 Å². The van der Waals surface area contributed by atoms with Gasteiger partial charge >= 0.3 is 0 Å². The maximum atomic E-state index is 6.16. The second kappa shape index (κ2) is 5.31. The third kappa shape index (κ3) is 2.14. The van der Waals surface area contributed by atoms with Gasteiger partial charge in [0.25, 0.3) is 0 Å². The van der Waals surface area contributed by atoms with Crippen molar-refractivity contribution in [1.29, 1.82) is 0 Å². The van der Waals surface area contributed by atoms with Gasteiger partial charge in [-0.15, -0.1) is 0 Å². The van der Waals surface area contributed by atoms with Crippen molar-refractivity contribution in [2.24, 2.45) is 11.7 Å². The first kappa shape index (κ1) is 13.4. The molecule has 0 spiro atoms. The Labute approximate surface area is 111 Å². The van der Waals surface area contributed by atoms with Crippen LogP contribution in [-0.2, 0) is 0 Å². The molecule has 2 atom stereocenters. The molecule has 1 aromatic carbocycles. The molecule has 0 saturated heterocycles. The van der Waals surface area contributed by atoms with Crippen molar-refractivity contribution in [3.8, 4) is 0 Å². The Hall–Kier alpha value is -1.02. The van der Waals surface area contributed by atoms with Crippen LogP contribution in [0.25, 0.3) is 0 Å². The molecular formula is C16H26N2. The number of nitrogens with two attached hydrogens (primary N) is 1. The predicted molar refractivity (Wildman–Crippen MR) is 79.0 cm³/mol. The number of aryl methyl sites for hydroxylation is 1. The second-order valence-electron chi connectivity index (χ2n) is 5.68. The van der Waals surface area contributed by atoms with Gasteiger partial charge in [-0.3, -0.25) is 0 Å². The minimum Gasteiger partial charge on any atom is -0.365 e. The van der Waals surface area contributed by atoms with Gasteiger partial charge in [0.1, 0.15) is 0 Å². The standard InChI is InChI=1S/C16H26N2/c1-4-18(15-9-7-13(2)8-10-15)16(12-17)11-5-6-14(16)3/h7-10,14H,4-6,11-12,17H2,1-3H3. The highest BCUT2D eigenvalue weighted by Crippen LogP contribution is 2.41. The van der Waals surface area contributed by atoms with Gasteiger partial charge in [0.15, 0.2) is 0 Å². The molecule has 0 heterocycles. The smallest absolute Gasteiger partial charge is 0.0549 e. The summed E-state index contributed by atoms with van der Waals surface area (Å²) in [6, 6.07) is 8.87. The molecule has 2 rings (SSSR count). The number of anilines is 1. The highest BCUT2D eigenvalue weighted by Gasteiger charge is 2.43. The average Bonchev–Trinajstić information content (AvgIpc) is 2.75. The Kier molecular flexibility index (Phi) is 3.96. The average molecular weight is 246 g/mol. The Morgan fingerprint density at radius 2 is 2.00 bits per heavy atom. The molecular weight excluding hydrogens is 220 g/mol. The summed E-state index contributed by atoms with van der Waals surface area (Å²) < 4.78 is 0. The van der Waals surface area contributed by atoms with Crippen LogP contribution in [0.2, 0.25) is 0 Å². The zero-order valence-electron chi connectivity index (χ0n) is 11.9. The second-order valence-corrected chi connectivity index (χ2v) is 5.68. The van der Waals surface area contributed by atoms with Crippen LogP contribution >= 0.6 is 0 Å². The fourth-order valence-electron chi connectivity index (χ4n) is 3.52. The Balaban J connectivity index is 2.34. The molecule has 1 aliphatic carbocycles. The van der Waals surface area contributed by atoms with E-state index in [2.05, 4.69) is 49.9 Å². The van der Waals surface area contributed by atoms with Crippen LogP contribution in [0.5, 0.6) is 0 Å². The summed E-state index contributed by atoms with van der Waals surface area (Å²) >= 11 is 0. The van der Waals surface area contributed by atoms with Gasteiger partial charge in [-0.25, -0.2) is 0 Å². The van der Waals surface area contributed by atoms with E-state index < -0.39 is 0 Å². The van der Waals surface area contributed by atoms with E-state index in [4.69, 9.17) is 5.73 Å². The number of likely N-dealkylation sites (N-methyl/N-ethyl adjacent to an activating group) is 1. The minimum absolute atomic E-state index is 0.171. The lowest BCUT2D eigenvalue weighted by molar-refractivity contribution is 0.321. The first-order chi connectivity index (χ1) is 8.64. The fourth-order valence-corrected chi connectivity index (χ4v) is 3.52. The van der Waals surface area contributed by atoms with Gasteiger partial charge in [0.05, 0.1) is 5.54 Å². The molecule has 18 heavy (non-hydrogen) atoms. The summed E-state index contributed by atoms with van der Waals surface area (Å²) in [5.74, 6) is 0.684. The van der Waals surface area contributed by atoms with Crippen LogP contribution in [0.1, 0.15) is 38.7 Å². The summed E-state index contributed by atoms with van der Waals surface area (Å²) in [5, 5.41) is 0. The molecule has 0 radical (unpaired) electrons. The van der Waals surface area contributed by atoms with E-state index >= 15 is 0 Å². The maximum absolute atomic E-state index is 6.16. The zero-order chi connectivity index (χ0) is 13.2. The van der Waals surface area contributed by atoms with Crippen LogP contribution in [0.3, 0.4) is 0 Å². The van der Waals surface area contributed by atoms with Gasteiger partial charge in [0, 0.05) is 18.8 Å². The third-order valence-corrected chi connectivity index (χ3v) is 4.72. The van der Waals surface area contributed by atoms with Crippen LogP contribution in [0, 0.1) is 12.8 Å². The summed E-state index contributed by atoms with van der Waals surface area (Å²) in [7, 11) is 0. The topological polar surface area (TPSA) is 29.3 Å². The first-order valence-electron chi connectivity index (χ1n) is 7.18. The van der Waals surface area contributed by atoms with Crippen molar-refractivity contribution >= 4 is 5.69 Å². The molecule has 100 valence electrons. The van der Waals surface area contributed by atoms with Crippen molar-refractivity contribution in [3.63, 3.8) is 0 Å². The van der Waals surface area contributed by atoms with Gasteiger partial charge in [-0.1, -0.05) is 31.0 Å². The normalized spacial score (nSPS) is 27.4. The van der Waals surface area contributed by atoms with Crippen LogP contribution in [0.15, 0.2) is 24.3 Å². The SMILES string of the molecule is CCN(c1ccc(C)cc1)C1(CN)CCCC1C. The molecule has 0 aliphatic heterocycles. The number of rotatable bonds is 4. The number of nitrogens with zero attached hydrogens (tertiary/aromatic N) is 1. The van der Waals surface area contributed by atoms with Crippen molar-refractivity contribution < 1.29 is 0 Å². The lowest BCUT2D eigenvalue weighted by Gasteiger charge is -2.45. The quantitative estimate of drug-likeness (QED) is 0.883. The van der Waals surface area contributed by atoms with Gasteiger partial charge < -0.3 is 10.6 Å². The van der Waals surface area contributed by atoms with Gasteiger partial charge in [-0.05, 0) is 44.7 Å². The molecule has 2 N–H and O–H groups in total. The van der Waals surface area contributed by atoms with E-state index in [1.165, 1.54) is 30.5 Å². The molecule has 0 amide bonds. The number of benzene rings is 1. The summed E-state index contributed by atoms with van der Waals surface area (Å²) in [5.41, 5.74) is 8.97. The van der Waals surface area contributed by atoms with Crippen LogP contribution < -0.4 is 10.6 Å². The molecule has 0 bridgehead atoms. The molecule has 0 aromatic heterocycles. The molecule has 1 fully saturated rings. The predicted octanol–water partition coefficient (Wildman–Crippen LogP) is 3.34. The lowest BCUT2D eigenvalue weighted by Crippen LogP contribution is -2.56. The summed E-state index contributed by atoms with van der Waals surface area (Å²) in [6.45, 7) is 8.52. The van der Waals surface area contributed by atoms with E-state index in [0.29, 0.717) is 5.92 Å². The van der Waals surface area contributed by atoms with Crippen LogP contribution in [-0.4, -0.2) is 18.6 Å². The summed E-state index contributed by atoms with van der Waals surface area (Å²) in [6.07, 6.45) is 3.84. The van der Waals surface area contributed by atoms with E-state index in [1.54, 1.807) is 0 Å².